The number of hydrogen-bond acceptors (Lipinski definition) is 3. The van der Waals surface area contributed by atoms with Crippen molar-refractivity contribution in [2.24, 2.45) is 0 Å². The van der Waals surface area contributed by atoms with Crippen molar-refractivity contribution >= 4 is 28.9 Å². The van der Waals surface area contributed by atoms with Crippen LogP contribution in [0.3, 0.4) is 0 Å². The third-order valence-electron chi connectivity index (χ3n) is 3.49. The fraction of sp³-hybridized carbons (Fsp3) is 0.111. The molecule has 0 fully saturated rings. The molecule has 0 aliphatic carbocycles. The lowest BCUT2D eigenvalue weighted by molar-refractivity contribution is -0.136. The molecule has 24 heavy (non-hydrogen) atoms. The smallest absolute Gasteiger partial charge is 0.308 e. The molecule has 0 unspecified atom stereocenters. The maximum atomic E-state index is 14.0. The Morgan fingerprint density at radius 1 is 1.17 bits per heavy atom. The van der Waals surface area contributed by atoms with Crippen LogP contribution < -0.4 is 0 Å². The molecule has 3 nitrogen and oxygen atoms in total. The van der Waals surface area contributed by atoms with E-state index < -0.39 is 11.8 Å². The van der Waals surface area contributed by atoms with Crippen molar-refractivity contribution in [2.75, 3.05) is 0 Å². The van der Waals surface area contributed by atoms with Crippen molar-refractivity contribution in [2.45, 2.75) is 12.8 Å². The second kappa shape index (κ2) is 7.11. The molecule has 0 spiro atoms. The Morgan fingerprint density at radius 3 is 2.58 bits per heavy atom. The van der Waals surface area contributed by atoms with Crippen molar-refractivity contribution in [3.8, 4) is 11.3 Å². The maximum Gasteiger partial charge on any atom is 0.308 e. The molecule has 0 saturated heterocycles. The van der Waals surface area contributed by atoms with Crippen LogP contribution in [0.1, 0.15) is 15.4 Å². The van der Waals surface area contributed by atoms with E-state index in [2.05, 4.69) is 4.98 Å². The Morgan fingerprint density at radius 2 is 1.92 bits per heavy atom. The number of hydrogen-bond donors (Lipinski definition) is 1. The summed E-state index contributed by atoms with van der Waals surface area (Å²) in [4.78, 5) is 16.3. The molecule has 0 saturated carbocycles. The van der Waals surface area contributed by atoms with E-state index in [0.29, 0.717) is 26.2 Å². The number of carbonyl (C=O) groups is 1. The minimum Gasteiger partial charge on any atom is -0.481 e. The lowest BCUT2D eigenvalue weighted by Crippen LogP contribution is -1.99. The van der Waals surface area contributed by atoms with E-state index in [1.165, 1.54) is 17.4 Å². The van der Waals surface area contributed by atoms with Crippen molar-refractivity contribution in [3.63, 3.8) is 0 Å². The van der Waals surface area contributed by atoms with Crippen molar-refractivity contribution in [3.05, 3.63) is 74.8 Å². The highest BCUT2D eigenvalue weighted by Gasteiger charge is 2.17. The summed E-state index contributed by atoms with van der Waals surface area (Å²) in [6, 6.07) is 13.9. The number of nitrogens with zero attached hydrogens (tertiary/aromatic N) is 1. The quantitative estimate of drug-likeness (QED) is 0.708. The maximum absolute atomic E-state index is 14.0. The van der Waals surface area contributed by atoms with E-state index in [-0.39, 0.29) is 12.8 Å². The molecule has 0 atom stereocenters. The predicted molar refractivity (Wildman–Crippen MR) is 93.1 cm³/mol. The van der Waals surface area contributed by atoms with E-state index in [1.807, 2.05) is 30.3 Å². The zero-order valence-electron chi connectivity index (χ0n) is 12.5. The lowest BCUT2D eigenvalue weighted by atomic mass is 10.1. The van der Waals surface area contributed by atoms with Gasteiger partial charge in [-0.3, -0.25) is 4.79 Å². The highest BCUT2D eigenvalue weighted by Crippen LogP contribution is 2.31. The molecule has 0 amide bonds. The number of aliphatic carboxylic acids is 1. The van der Waals surface area contributed by atoms with Crippen LogP contribution in [-0.4, -0.2) is 16.1 Å². The molecular formula is C18H13ClFNO2S. The van der Waals surface area contributed by atoms with Gasteiger partial charge in [-0.2, -0.15) is 0 Å². The van der Waals surface area contributed by atoms with Gasteiger partial charge in [-0.25, -0.2) is 9.37 Å². The monoisotopic (exact) mass is 361 g/mol. The normalized spacial score (nSPS) is 10.8. The van der Waals surface area contributed by atoms with Crippen LogP contribution in [0.25, 0.3) is 11.3 Å². The number of halogens is 2. The number of rotatable bonds is 5. The molecule has 3 aromatic rings. The summed E-state index contributed by atoms with van der Waals surface area (Å²) < 4.78 is 14.0. The predicted octanol–water partition coefficient (Wildman–Crippen LogP) is 4.82. The molecule has 0 aliphatic rings. The molecule has 2 aromatic carbocycles. The number of aromatic nitrogens is 1. The van der Waals surface area contributed by atoms with Gasteiger partial charge in [0.1, 0.15) is 5.82 Å². The first kappa shape index (κ1) is 16.6. The molecule has 0 radical (unpaired) electrons. The Bertz CT molecular complexity index is 860. The van der Waals surface area contributed by atoms with Crippen LogP contribution in [0.4, 0.5) is 4.39 Å². The zero-order valence-corrected chi connectivity index (χ0v) is 14.1. The summed E-state index contributed by atoms with van der Waals surface area (Å²) in [5.41, 5.74) is 1.84. The molecule has 0 bridgehead atoms. The van der Waals surface area contributed by atoms with Gasteiger partial charge in [0, 0.05) is 27.4 Å². The standard InChI is InChI=1S/C18H13ClFNO2S/c19-13-7-4-8-14(20)12(13)9-16-21-18(11-5-2-1-3-6-11)15(24-16)10-17(22)23/h1-8H,9-10H2,(H,22,23). The average Bonchev–Trinajstić information content (AvgIpc) is 2.94. The van der Waals surface area contributed by atoms with E-state index in [4.69, 9.17) is 16.7 Å². The van der Waals surface area contributed by atoms with Gasteiger partial charge in [-0.1, -0.05) is 48.0 Å². The van der Waals surface area contributed by atoms with Crippen LogP contribution in [0.15, 0.2) is 48.5 Å². The van der Waals surface area contributed by atoms with Gasteiger partial charge in [-0.15, -0.1) is 11.3 Å². The van der Waals surface area contributed by atoms with Gasteiger partial charge in [0.2, 0.25) is 0 Å². The second-order valence-electron chi connectivity index (χ2n) is 5.19. The van der Waals surface area contributed by atoms with E-state index in [1.54, 1.807) is 12.1 Å². The van der Waals surface area contributed by atoms with Gasteiger partial charge in [0.05, 0.1) is 17.1 Å². The third-order valence-corrected chi connectivity index (χ3v) is 4.90. The first-order valence-corrected chi connectivity index (χ1v) is 8.42. The third kappa shape index (κ3) is 3.63. The number of benzene rings is 2. The minimum atomic E-state index is -0.925. The lowest BCUT2D eigenvalue weighted by Gasteiger charge is -2.03. The molecule has 1 aromatic heterocycles. The van der Waals surface area contributed by atoms with Crippen LogP contribution >= 0.6 is 22.9 Å². The average molecular weight is 362 g/mol. The fourth-order valence-corrected chi connectivity index (χ4v) is 3.73. The van der Waals surface area contributed by atoms with Crippen LogP contribution in [0.2, 0.25) is 5.02 Å². The first-order valence-electron chi connectivity index (χ1n) is 7.23. The molecule has 0 aliphatic heterocycles. The fourth-order valence-electron chi connectivity index (χ4n) is 2.41. The first-order chi connectivity index (χ1) is 11.5. The van der Waals surface area contributed by atoms with Crippen LogP contribution in [0, 0.1) is 5.82 Å². The van der Waals surface area contributed by atoms with Crippen molar-refractivity contribution in [1.82, 2.24) is 4.98 Å². The largest absolute Gasteiger partial charge is 0.481 e. The summed E-state index contributed by atoms with van der Waals surface area (Å²) in [5, 5.41) is 10.1. The highest BCUT2D eigenvalue weighted by atomic mass is 35.5. The van der Waals surface area contributed by atoms with Crippen LogP contribution in [-0.2, 0) is 17.6 Å². The van der Waals surface area contributed by atoms with Gasteiger partial charge >= 0.3 is 5.97 Å². The molecule has 1 heterocycles. The van der Waals surface area contributed by atoms with Crippen molar-refractivity contribution in [1.29, 1.82) is 0 Å². The van der Waals surface area contributed by atoms with E-state index in [9.17, 15) is 9.18 Å². The zero-order chi connectivity index (χ0) is 17.1. The summed E-state index contributed by atoms with van der Waals surface area (Å²) in [5.74, 6) is -1.31. The molecule has 1 N–H and O–H groups in total. The van der Waals surface area contributed by atoms with Gasteiger partial charge < -0.3 is 5.11 Å². The molecule has 122 valence electrons. The molecule has 6 heteroatoms. The van der Waals surface area contributed by atoms with Crippen molar-refractivity contribution < 1.29 is 14.3 Å². The Kier molecular flexibility index (Phi) is 4.92. The Labute approximate surface area is 147 Å². The summed E-state index contributed by atoms with van der Waals surface area (Å²) in [7, 11) is 0. The SMILES string of the molecule is O=C(O)Cc1sc(Cc2c(F)cccc2Cl)nc1-c1ccccc1. The van der Waals surface area contributed by atoms with E-state index in [0.717, 1.165) is 5.56 Å². The Balaban J connectivity index is 2.01. The molecule has 3 rings (SSSR count). The summed E-state index contributed by atoms with van der Waals surface area (Å²) >= 11 is 7.35. The van der Waals surface area contributed by atoms with Gasteiger partial charge in [0.25, 0.3) is 0 Å². The highest BCUT2D eigenvalue weighted by molar-refractivity contribution is 7.12. The topological polar surface area (TPSA) is 50.2 Å². The summed E-state index contributed by atoms with van der Waals surface area (Å²) in [6.07, 6.45) is 0.114. The number of carboxylic acid groups (broad SMARTS) is 1. The molecular weight excluding hydrogens is 349 g/mol. The van der Waals surface area contributed by atoms with Gasteiger partial charge in [0.15, 0.2) is 0 Å². The minimum absolute atomic E-state index is 0.118. The number of thiazole rings is 1. The van der Waals surface area contributed by atoms with E-state index >= 15 is 0 Å². The van der Waals surface area contributed by atoms with Crippen LogP contribution in [0.5, 0.6) is 0 Å². The second-order valence-corrected chi connectivity index (χ2v) is 6.77. The number of carboxylic acids is 1. The van der Waals surface area contributed by atoms with Gasteiger partial charge in [-0.05, 0) is 12.1 Å². The Hall–Kier alpha value is -2.24. The summed E-state index contributed by atoms with van der Waals surface area (Å²) in [6.45, 7) is 0.